The first kappa shape index (κ1) is 12.1. The lowest BCUT2D eigenvalue weighted by molar-refractivity contribution is -0.0300. The highest BCUT2D eigenvalue weighted by Crippen LogP contribution is 2.25. The molecule has 1 N–H and O–H groups in total. The zero-order valence-electron chi connectivity index (χ0n) is 10.9. The summed E-state index contributed by atoms with van der Waals surface area (Å²) in [4.78, 5) is 4.25. The Morgan fingerprint density at radius 1 is 1.61 bits per heavy atom. The van der Waals surface area contributed by atoms with Crippen LogP contribution in [0.4, 0.5) is 0 Å². The van der Waals surface area contributed by atoms with E-state index < -0.39 is 0 Å². The molecule has 0 aromatic carbocycles. The van der Waals surface area contributed by atoms with Gasteiger partial charge < -0.3 is 19.4 Å². The number of hydrogen-bond acceptors (Lipinski definition) is 4. The highest BCUT2D eigenvalue weighted by atomic mass is 16.5. The van der Waals surface area contributed by atoms with Crippen LogP contribution in [0.15, 0.2) is 12.5 Å². The van der Waals surface area contributed by atoms with Crippen LogP contribution in [0.3, 0.4) is 0 Å². The van der Waals surface area contributed by atoms with Gasteiger partial charge in [0.05, 0.1) is 25.2 Å². The van der Waals surface area contributed by atoms with Crippen molar-refractivity contribution in [2.75, 3.05) is 20.3 Å². The first-order chi connectivity index (χ1) is 8.81. The van der Waals surface area contributed by atoms with Gasteiger partial charge in [-0.15, -0.1) is 0 Å². The van der Waals surface area contributed by atoms with E-state index >= 15 is 0 Å². The molecule has 2 aliphatic rings. The molecule has 1 saturated carbocycles. The summed E-state index contributed by atoms with van der Waals surface area (Å²) in [5, 5.41) is 3.52. The molecule has 1 aromatic heterocycles. The van der Waals surface area contributed by atoms with Crippen LogP contribution in [0.5, 0.6) is 0 Å². The van der Waals surface area contributed by atoms with Crippen molar-refractivity contribution in [3.05, 3.63) is 18.2 Å². The van der Waals surface area contributed by atoms with E-state index in [0.717, 1.165) is 32.2 Å². The summed E-state index contributed by atoms with van der Waals surface area (Å²) in [6.45, 7) is 3.19. The van der Waals surface area contributed by atoms with Crippen molar-refractivity contribution in [3.63, 3.8) is 0 Å². The SMILES string of the molecule is COC1(Cn2cncc2CNC2CC2)CCOC1. The van der Waals surface area contributed by atoms with Gasteiger partial charge in [0.1, 0.15) is 5.60 Å². The Morgan fingerprint density at radius 2 is 2.50 bits per heavy atom. The van der Waals surface area contributed by atoms with E-state index in [1.165, 1.54) is 18.5 Å². The number of rotatable bonds is 6. The monoisotopic (exact) mass is 251 g/mol. The predicted molar refractivity (Wildman–Crippen MR) is 67.3 cm³/mol. The quantitative estimate of drug-likeness (QED) is 0.817. The van der Waals surface area contributed by atoms with Crippen LogP contribution >= 0.6 is 0 Å². The molecule has 1 aromatic rings. The maximum atomic E-state index is 5.67. The zero-order chi connectivity index (χ0) is 12.4. The second kappa shape index (κ2) is 4.99. The standard InChI is InChI=1S/C13H21N3O2/c1-17-13(4-5-18-9-13)8-16-10-14-6-12(16)7-15-11-2-3-11/h6,10-11,15H,2-5,7-9H2,1H3. The van der Waals surface area contributed by atoms with Gasteiger partial charge in [-0.2, -0.15) is 0 Å². The number of methoxy groups -OCH3 is 1. The van der Waals surface area contributed by atoms with Gasteiger partial charge in [-0.1, -0.05) is 0 Å². The lowest BCUT2D eigenvalue weighted by Crippen LogP contribution is -2.37. The van der Waals surface area contributed by atoms with Gasteiger partial charge in [0.15, 0.2) is 0 Å². The second-order valence-corrected chi connectivity index (χ2v) is 5.36. The molecule has 1 saturated heterocycles. The molecule has 5 heteroatoms. The summed E-state index contributed by atoms with van der Waals surface area (Å²) in [6, 6.07) is 0.722. The van der Waals surface area contributed by atoms with Gasteiger partial charge in [0, 0.05) is 38.9 Å². The zero-order valence-corrected chi connectivity index (χ0v) is 10.9. The average molecular weight is 251 g/mol. The minimum Gasteiger partial charge on any atom is -0.378 e. The molecular weight excluding hydrogens is 230 g/mol. The van der Waals surface area contributed by atoms with Gasteiger partial charge >= 0.3 is 0 Å². The van der Waals surface area contributed by atoms with E-state index in [2.05, 4.69) is 14.9 Å². The Labute approximate surface area is 107 Å². The highest BCUT2D eigenvalue weighted by Gasteiger charge is 2.35. The molecule has 0 amide bonds. The fourth-order valence-electron chi connectivity index (χ4n) is 2.42. The molecule has 0 bridgehead atoms. The maximum Gasteiger partial charge on any atom is 0.111 e. The van der Waals surface area contributed by atoms with E-state index in [1.807, 2.05) is 12.5 Å². The summed E-state index contributed by atoms with van der Waals surface area (Å²) >= 11 is 0. The number of imidazole rings is 1. The Hall–Kier alpha value is -0.910. The van der Waals surface area contributed by atoms with Crippen LogP contribution < -0.4 is 5.32 Å². The molecule has 3 rings (SSSR count). The normalized spacial score (nSPS) is 27.8. The van der Waals surface area contributed by atoms with Crippen molar-refractivity contribution in [2.45, 2.75) is 44.0 Å². The van der Waals surface area contributed by atoms with E-state index in [0.29, 0.717) is 6.61 Å². The fourth-order valence-corrected chi connectivity index (χ4v) is 2.42. The molecule has 1 aliphatic carbocycles. The summed E-state index contributed by atoms with van der Waals surface area (Å²) < 4.78 is 13.3. The van der Waals surface area contributed by atoms with E-state index in [4.69, 9.17) is 9.47 Å². The molecular formula is C13H21N3O2. The maximum absolute atomic E-state index is 5.67. The van der Waals surface area contributed by atoms with Crippen molar-refractivity contribution in [3.8, 4) is 0 Å². The predicted octanol–water partition coefficient (Wildman–Crippen LogP) is 0.941. The second-order valence-electron chi connectivity index (χ2n) is 5.36. The summed E-state index contributed by atoms with van der Waals surface area (Å²) in [7, 11) is 1.77. The molecule has 0 spiro atoms. The number of hydrogen-bond donors (Lipinski definition) is 1. The van der Waals surface area contributed by atoms with Crippen molar-refractivity contribution in [1.29, 1.82) is 0 Å². The highest BCUT2D eigenvalue weighted by molar-refractivity contribution is 5.01. The molecule has 0 radical (unpaired) electrons. The Bertz CT molecular complexity index is 395. The van der Waals surface area contributed by atoms with E-state index in [1.54, 1.807) is 7.11 Å². The smallest absolute Gasteiger partial charge is 0.111 e. The third-order valence-electron chi connectivity index (χ3n) is 3.91. The molecule has 100 valence electrons. The summed E-state index contributed by atoms with van der Waals surface area (Å²) in [5.41, 5.74) is 1.06. The Kier molecular flexibility index (Phi) is 3.37. The topological polar surface area (TPSA) is 48.3 Å². The van der Waals surface area contributed by atoms with Crippen LogP contribution in [0.25, 0.3) is 0 Å². The number of nitrogens with one attached hydrogen (secondary N) is 1. The Morgan fingerprint density at radius 3 is 3.17 bits per heavy atom. The van der Waals surface area contributed by atoms with Crippen LogP contribution in [-0.2, 0) is 22.6 Å². The molecule has 1 unspecified atom stereocenters. The molecule has 18 heavy (non-hydrogen) atoms. The van der Waals surface area contributed by atoms with Crippen molar-refractivity contribution >= 4 is 0 Å². The number of aromatic nitrogens is 2. The van der Waals surface area contributed by atoms with E-state index in [9.17, 15) is 0 Å². The van der Waals surface area contributed by atoms with Gasteiger partial charge in [-0.05, 0) is 12.8 Å². The first-order valence-electron chi connectivity index (χ1n) is 6.67. The molecule has 2 fully saturated rings. The Balaban J connectivity index is 1.65. The van der Waals surface area contributed by atoms with Crippen LogP contribution in [0, 0.1) is 0 Å². The minimum atomic E-state index is -0.172. The average Bonchev–Trinajstić information content (AvgIpc) is 2.93. The van der Waals surface area contributed by atoms with Crippen LogP contribution in [0.1, 0.15) is 25.0 Å². The summed E-state index contributed by atoms with van der Waals surface area (Å²) in [5.74, 6) is 0. The number of nitrogens with zero attached hydrogens (tertiary/aromatic N) is 2. The first-order valence-corrected chi connectivity index (χ1v) is 6.67. The largest absolute Gasteiger partial charge is 0.378 e. The molecule has 1 atom stereocenters. The fraction of sp³-hybridized carbons (Fsp3) is 0.769. The van der Waals surface area contributed by atoms with Gasteiger partial charge in [-0.25, -0.2) is 4.98 Å². The third-order valence-corrected chi connectivity index (χ3v) is 3.91. The van der Waals surface area contributed by atoms with E-state index in [-0.39, 0.29) is 5.60 Å². The van der Waals surface area contributed by atoms with Crippen molar-refractivity contribution in [2.24, 2.45) is 0 Å². The molecule has 2 heterocycles. The number of ether oxygens (including phenoxy) is 2. The van der Waals surface area contributed by atoms with Gasteiger partial charge in [0.2, 0.25) is 0 Å². The lowest BCUT2D eigenvalue weighted by Gasteiger charge is -2.27. The van der Waals surface area contributed by atoms with Crippen LogP contribution in [-0.4, -0.2) is 41.5 Å². The van der Waals surface area contributed by atoms with Crippen molar-refractivity contribution in [1.82, 2.24) is 14.9 Å². The molecule has 1 aliphatic heterocycles. The van der Waals surface area contributed by atoms with Gasteiger partial charge in [-0.3, -0.25) is 0 Å². The van der Waals surface area contributed by atoms with Crippen molar-refractivity contribution < 1.29 is 9.47 Å². The third kappa shape index (κ3) is 2.58. The summed E-state index contributed by atoms with van der Waals surface area (Å²) in [6.07, 6.45) is 7.41. The lowest BCUT2D eigenvalue weighted by atomic mass is 10.0. The van der Waals surface area contributed by atoms with Gasteiger partial charge in [0.25, 0.3) is 0 Å². The minimum absolute atomic E-state index is 0.172. The molecule has 5 nitrogen and oxygen atoms in total. The van der Waals surface area contributed by atoms with Crippen LogP contribution in [0.2, 0.25) is 0 Å².